The Morgan fingerprint density at radius 2 is 2.27 bits per heavy atom. The fourth-order valence-corrected chi connectivity index (χ4v) is 3.53. The number of fused-ring (bicyclic) bond motifs is 3. The Kier molecular flexibility index (Phi) is 4.86. The lowest BCUT2D eigenvalue weighted by Gasteiger charge is -2.28. The highest BCUT2D eigenvalue weighted by molar-refractivity contribution is 5.99. The standard InChI is InChI=1S/C20H27FN4O/c1-6-8-22-16(7-2)25-18-13-9-12(13)10-14(18)17(24-25)19(26)23-15(11-21)20(3,4)5/h6-8,12-13,15H,2,9-11H2,1,3-5H3,(H,23,26)/b8-6-,22-16+/t12-,13-,15-/m1/s1. The van der Waals surface area contributed by atoms with Gasteiger partial charge < -0.3 is 5.32 Å². The summed E-state index contributed by atoms with van der Waals surface area (Å²) in [7, 11) is 0. The van der Waals surface area contributed by atoms with Crippen molar-refractivity contribution in [2.45, 2.75) is 52.5 Å². The molecule has 3 atom stereocenters. The van der Waals surface area contributed by atoms with Crippen LogP contribution >= 0.6 is 0 Å². The first-order chi connectivity index (χ1) is 12.3. The van der Waals surface area contributed by atoms with Crippen LogP contribution in [0.3, 0.4) is 0 Å². The molecule has 1 fully saturated rings. The van der Waals surface area contributed by atoms with Crippen LogP contribution in [0, 0.1) is 11.3 Å². The third kappa shape index (κ3) is 3.24. The molecule has 1 saturated carbocycles. The van der Waals surface area contributed by atoms with Gasteiger partial charge in [-0.05, 0) is 37.2 Å². The molecule has 0 aromatic carbocycles. The van der Waals surface area contributed by atoms with Gasteiger partial charge in [0.25, 0.3) is 5.91 Å². The minimum absolute atomic E-state index is 0.312. The van der Waals surface area contributed by atoms with Crippen LogP contribution in [0.2, 0.25) is 0 Å². The van der Waals surface area contributed by atoms with Crippen LogP contribution in [0.25, 0.3) is 0 Å². The second-order valence-corrected chi connectivity index (χ2v) is 8.15. The van der Waals surface area contributed by atoms with E-state index in [0.717, 1.165) is 24.1 Å². The van der Waals surface area contributed by atoms with Crippen LogP contribution in [0.15, 0.2) is 29.9 Å². The van der Waals surface area contributed by atoms with Gasteiger partial charge in [-0.15, -0.1) is 0 Å². The predicted octanol–water partition coefficient (Wildman–Crippen LogP) is 3.62. The van der Waals surface area contributed by atoms with E-state index in [4.69, 9.17) is 0 Å². The number of aliphatic imine (C=N–C) groups is 1. The monoisotopic (exact) mass is 358 g/mol. The summed E-state index contributed by atoms with van der Waals surface area (Å²) in [5, 5.41) is 7.37. The molecule has 5 nitrogen and oxygen atoms in total. The van der Waals surface area contributed by atoms with Crippen molar-refractivity contribution in [2.75, 3.05) is 6.67 Å². The van der Waals surface area contributed by atoms with E-state index in [1.807, 2.05) is 33.8 Å². The maximum Gasteiger partial charge on any atom is 0.272 e. The summed E-state index contributed by atoms with van der Waals surface area (Å²) in [5.74, 6) is 1.32. The van der Waals surface area contributed by atoms with Gasteiger partial charge in [0.2, 0.25) is 0 Å². The molecule has 0 bridgehead atoms. The summed E-state index contributed by atoms with van der Waals surface area (Å²) in [6.07, 6.45) is 7.14. The van der Waals surface area contributed by atoms with E-state index in [2.05, 4.69) is 22.0 Å². The molecule has 0 unspecified atom stereocenters. The average molecular weight is 358 g/mol. The highest BCUT2D eigenvalue weighted by atomic mass is 19.1. The number of aromatic nitrogens is 2. The summed E-state index contributed by atoms with van der Waals surface area (Å²) in [4.78, 5) is 17.2. The molecule has 1 aromatic heterocycles. The van der Waals surface area contributed by atoms with Crippen LogP contribution in [0.1, 0.15) is 61.8 Å². The number of hydrogen-bond donors (Lipinski definition) is 1. The lowest BCUT2D eigenvalue weighted by molar-refractivity contribution is 0.0879. The first-order valence-corrected chi connectivity index (χ1v) is 9.12. The third-order valence-electron chi connectivity index (χ3n) is 5.24. The molecule has 1 aromatic rings. The van der Waals surface area contributed by atoms with E-state index in [-0.39, 0.29) is 11.3 Å². The molecule has 0 aliphatic heterocycles. The largest absolute Gasteiger partial charge is 0.345 e. The molecular weight excluding hydrogens is 331 g/mol. The average Bonchev–Trinajstić information content (AvgIpc) is 3.09. The normalized spacial score (nSPS) is 22.9. The Balaban J connectivity index is 1.97. The van der Waals surface area contributed by atoms with Gasteiger partial charge in [-0.3, -0.25) is 4.79 Å². The number of allylic oxidation sites excluding steroid dienone is 2. The molecule has 1 heterocycles. The predicted molar refractivity (Wildman–Crippen MR) is 101 cm³/mol. The van der Waals surface area contributed by atoms with Crippen molar-refractivity contribution >= 4 is 11.7 Å². The number of halogens is 1. The number of carbonyl (C=O) groups excluding carboxylic acids is 1. The molecule has 2 aliphatic rings. The Bertz CT molecular complexity index is 784. The lowest BCUT2D eigenvalue weighted by atomic mass is 9.87. The zero-order valence-electron chi connectivity index (χ0n) is 15.9. The first-order valence-electron chi connectivity index (χ1n) is 9.12. The van der Waals surface area contributed by atoms with Crippen molar-refractivity contribution in [1.29, 1.82) is 0 Å². The van der Waals surface area contributed by atoms with E-state index < -0.39 is 12.7 Å². The van der Waals surface area contributed by atoms with Gasteiger partial charge in [-0.1, -0.05) is 33.4 Å². The smallest absolute Gasteiger partial charge is 0.272 e. The van der Waals surface area contributed by atoms with Crippen LogP contribution in [-0.4, -0.2) is 34.2 Å². The Hall–Kier alpha value is -2.24. The molecule has 2 aliphatic carbocycles. The van der Waals surface area contributed by atoms with Gasteiger partial charge in [0.1, 0.15) is 6.67 Å². The van der Waals surface area contributed by atoms with Crippen LogP contribution in [-0.2, 0) is 6.42 Å². The van der Waals surface area contributed by atoms with Gasteiger partial charge in [-0.25, -0.2) is 14.1 Å². The number of carbonyl (C=O) groups is 1. The number of nitrogens with zero attached hydrogens (tertiary/aromatic N) is 3. The zero-order chi connectivity index (χ0) is 19.1. The quantitative estimate of drug-likeness (QED) is 0.645. The fraction of sp³-hybridized carbons (Fsp3) is 0.550. The summed E-state index contributed by atoms with van der Waals surface area (Å²) < 4.78 is 15.2. The van der Waals surface area contributed by atoms with Crippen molar-refractivity contribution < 1.29 is 9.18 Å². The maximum absolute atomic E-state index is 13.4. The van der Waals surface area contributed by atoms with E-state index in [9.17, 15) is 9.18 Å². The third-order valence-corrected chi connectivity index (χ3v) is 5.24. The Morgan fingerprint density at radius 1 is 1.54 bits per heavy atom. The van der Waals surface area contributed by atoms with E-state index in [0.29, 0.717) is 23.4 Å². The summed E-state index contributed by atoms with van der Waals surface area (Å²) in [5.41, 5.74) is 2.07. The van der Waals surface area contributed by atoms with Crippen LogP contribution < -0.4 is 5.32 Å². The molecule has 3 rings (SSSR count). The van der Waals surface area contributed by atoms with Crippen molar-refractivity contribution in [3.05, 3.63) is 41.9 Å². The van der Waals surface area contributed by atoms with Crippen LogP contribution in [0.4, 0.5) is 4.39 Å². The molecule has 0 spiro atoms. The number of alkyl halides is 1. The Morgan fingerprint density at radius 3 is 2.85 bits per heavy atom. The summed E-state index contributed by atoms with van der Waals surface area (Å²) >= 11 is 0. The summed E-state index contributed by atoms with van der Waals surface area (Å²) in [6.45, 7) is 10.8. The zero-order valence-corrected chi connectivity index (χ0v) is 15.9. The number of hydrogen-bond acceptors (Lipinski definition) is 3. The molecule has 6 heteroatoms. The molecular formula is C20H27FN4O. The molecule has 0 radical (unpaired) electrons. The van der Waals surface area contributed by atoms with E-state index in [1.54, 1.807) is 17.0 Å². The molecule has 0 saturated heterocycles. The lowest BCUT2D eigenvalue weighted by Crippen LogP contribution is -2.45. The number of nitrogens with one attached hydrogen (secondary N) is 1. The van der Waals surface area contributed by atoms with E-state index in [1.165, 1.54) is 0 Å². The number of rotatable bonds is 5. The van der Waals surface area contributed by atoms with Gasteiger partial charge >= 0.3 is 0 Å². The van der Waals surface area contributed by atoms with Gasteiger partial charge in [0, 0.05) is 17.7 Å². The topological polar surface area (TPSA) is 59.3 Å². The molecule has 26 heavy (non-hydrogen) atoms. The minimum Gasteiger partial charge on any atom is -0.345 e. The molecule has 140 valence electrons. The van der Waals surface area contributed by atoms with E-state index >= 15 is 0 Å². The van der Waals surface area contributed by atoms with Gasteiger partial charge in [0.05, 0.1) is 11.7 Å². The SMILES string of the molecule is C=C/C(=N\C=C/C)n1nc(C(=O)N[C@H](CF)C(C)(C)C)c2c1[C@@H]1C[C@@H]1C2. The van der Waals surface area contributed by atoms with Crippen molar-refractivity contribution in [3.63, 3.8) is 0 Å². The van der Waals surface area contributed by atoms with Crippen LogP contribution in [0.5, 0.6) is 0 Å². The minimum atomic E-state index is -0.607. The second kappa shape index (κ2) is 6.82. The van der Waals surface area contributed by atoms with Gasteiger partial charge in [-0.2, -0.15) is 5.10 Å². The van der Waals surface area contributed by atoms with Gasteiger partial charge in [0.15, 0.2) is 11.5 Å². The second-order valence-electron chi connectivity index (χ2n) is 8.15. The Labute approximate surface area is 154 Å². The first kappa shape index (κ1) is 18.5. The molecule has 1 amide bonds. The van der Waals surface area contributed by atoms with Crippen molar-refractivity contribution in [3.8, 4) is 0 Å². The number of amides is 1. The highest BCUT2D eigenvalue weighted by Crippen LogP contribution is 2.56. The maximum atomic E-state index is 13.4. The highest BCUT2D eigenvalue weighted by Gasteiger charge is 2.50. The van der Waals surface area contributed by atoms with Crippen molar-refractivity contribution in [2.24, 2.45) is 16.3 Å². The molecule has 1 N–H and O–H groups in total. The van der Waals surface area contributed by atoms with Crippen molar-refractivity contribution in [1.82, 2.24) is 15.1 Å². The summed E-state index contributed by atoms with van der Waals surface area (Å²) in [6, 6.07) is -0.553. The fourth-order valence-electron chi connectivity index (χ4n) is 3.53.